The normalized spacial score (nSPS) is 10.3. The number of carbonyl (C=O) groups is 1. The van der Waals surface area contributed by atoms with E-state index in [1.54, 1.807) is 0 Å². The van der Waals surface area contributed by atoms with Gasteiger partial charge >= 0.3 is 0 Å². The van der Waals surface area contributed by atoms with Crippen molar-refractivity contribution in [2.75, 3.05) is 13.2 Å². The van der Waals surface area contributed by atoms with Crippen molar-refractivity contribution in [3.05, 3.63) is 34.1 Å². The molecule has 0 aliphatic carbocycles. The summed E-state index contributed by atoms with van der Waals surface area (Å²) in [6, 6.07) is 4.18. The van der Waals surface area contributed by atoms with Crippen molar-refractivity contribution in [2.45, 2.75) is 13.3 Å². The van der Waals surface area contributed by atoms with Crippen molar-refractivity contribution in [2.24, 2.45) is 0 Å². The van der Waals surface area contributed by atoms with E-state index in [1.807, 2.05) is 6.92 Å². The van der Waals surface area contributed by atoms with Gasteiger partial charge in [-0.15, -0.1) is 0 Å². The Hall–Kier alpha value is -0.740. The highest BCUT2D eigenvalue weighted by Gasteiger charge is 2.08. The zero-order valence-corrected chi connectivity index (χ0v) is 10.0. The number of carbonyl (C=O) groups excluding carboxylic acids is 1. The number of halogens is 2. The van der Waals surface area contributed by atoms with Crippen molar-refractivity contribution < 1.29 is 13.9 Å². The summed E-state index contributed by atoms with van der Waals surface area (Å²) in [6.07, 6.45) is 0.875. The second kappa shape index (κ2) is 5.98. The molecule has 0 spiro atoms. The zero-order chi connectivity index (χ0) is 11.3. The highest BCUT2D eigenvalue weighted by atomic mass is 79.9. The first-order valence-electron chi connectivity index (χ1n) is 4.71. The van der Waals surface area contributed by atoms with Gasteiger partial charge in [-0.05, 0) is 40.5 Å². The molecule has 0 unspecified atom stereocenters. The number of Topliss-reactive ketones (excluding diaryl/α,β-unsaturated/α-hetero) is 1. The smallest absolute Gasteiger partial charge is 0.188 e. The third kappa shape index (κ3) is 3.72. The van der Waals surface area contributed by atoms with E-state index in [-0.39, 0.29) is 18.2 Å². The quantitative estimate of drug-likeness (QED) is 0.609. The van der Waals surface area contributed by atoms with Crippen LogP contribution in [0.3, 0.4) is 0 Å². The molecule has 0 amide bonds. The van der Waals surface area contributed by atoms with E-state index in [0.29, 0.717) is 16.6 Å². The Kier molecular flexibility index (Phi) is 4.91. The number of ketones is 1. The van der Waals surface area contributed by atoms with Crippen LogP contribution in [0.5, 0.6) is 0 Å². The predicted octanol–water partition coefficient (Wildman–Crippen LogP) is 3.20. The molecule has 1 aromatic rings. The third-order valence-electron chi connectivity index (χ3n) is 1.82. The van der Waals surface area contributed by atoms with Crippen molar-refractivity contribution in [1.82, 2.24) is 0 Å². The summed E-state index contributed by atoms with van der Waals surface area (Å²) in [5, 5.41) is 0. The summed E-state index contributed by atoms with van der Waals surface area (Å²) in [4.78, 5) is 11.5. The van der Waals surface area contributed by atoms with Gasteiger partial charge in [-0.2, -0.15) is 0 Å². The summed E-state index contributed by atoms with van der Waals surface area (Å²) in [5.74, 6) is -0.509. The number of hydrogen-bond donors (Lipinski definition) is 0. The number of rotatable bonds is 5. The van der Waals surface area contributed by atoms with Crippen LogP contribution in [-0.2, 0) is 4.74 Å². The number of hydrogen-bond acceptors (Lipinski definition) is 2. The highest BCUT2D eigenvalue weighted by Crippen LogP contribution is 2.17. The number of ether oxygens (including phenoxy) is 1. The summed E-state index contributed by atoms with van der Waals surface area (Å²) < 4.78 is 18.3. The molecule has 0 aromatic heterocycles. The second-order valence-corrected chi connectivity index (χ2v) is 3.96. The lowest BCUT2D eigenvalue weighted by atomic mass is 10.1. The van der Waals surface area contributed by atoms with Gasteiger partial charge in [-0.3, -0.25) is 4.79 Å². The fraction of sp³-hybridized carbons (Fsp3) is 0.364. The highest BCUT2D eigenvalue weighted by molar-refractivity contribution is 9.10. The zero-order valence-electron chi connectivity index (χ0n) is 8.43. The van der Waals surface area contributed by atoms with Gasteiger partial charge < -0.3 is 4.74 Å². The fourth-order valence-corrected chi connectivity index (χ4v) is 1.44. The molecule has 82 valence electrons. The molecule has 0 heterocycles. The van der Waals surface area contributed by atoms with Crippen molar-refractivity contribution >= 4 is 21.7 Å². The van der Waals surface area contributed by atoms with E-state index in [1.165, 1.54) is 18.2 Å². The molecule has 1 rings (SSSR count). The molecule has 0 fully saturated rings. The van der Waals surface area contributed by atoms with Crippen LogP contribution in [0.15, 0.2) is 22.7 Å². The number of benzene rings is 1. The lowest BCUT2D eigenvalue weighted by Crippen LogP contribution is -2.09. The lowest BCUT2D eigenvalue weighted by Gasteiger charge is -2.03. The Morgan fingerprint density at radius 2 is 2.27 bits per heavy atom. The minimum atomic E-state index is -0.374. The molecule has 0 saturated carbocycles. The SMILES string of the molecule is CCCOCC(=O)c1ccc(F)c(Br)c1. The molecule has 1 aromatic carbocycles. The molecule has 15 heavy (non-hydrogen) atoms. The molecule has 0 aliphatic rings. The van der Waals surface area contributed by atoms with Gasteiger partial charge in [0.25, 0.3) is 0 Å². The van der Waals surface area contributed by atoms with E-state index in [0.717, 1.165) is 6.42 Å². The van der Waals surface area contributed by atoms with Crippen molar-refractivity contribution in [3.63, 3.8) is 0 Å². The van der Waals surface area contributed by atoms with Crippen molar-refractivity contribution in [1.29, 1.82) is 0 Å². The van der Waals surface area contributed by atoms with Gasteiger partial charge in [0.1, 0.15) is 12.4 Å². The van der Waals surface area contributed by atoms with Gasteiger partial charge in [0, 0.05) is 12.2 Å². The van der Waals surface area contributed by atoms with E-state index < -0.39 is 0 Å². The van der Waals surface area contributed by atoms with E-state index in [4.69, 9.17) is 4.74 Å². The minimum absolute atomic E-state index is 0.0475. The molecule has 4 heteroatoms. The molecule has 0 saturated heterocycles. The van der Waals surface area contributed by atoms with Crippen molar-refractivity contribution in [3.8, 4) is 0 Å². The fourth-order valence-electron chi connectivity index (χ4n) is 1.06. The Morgan fingerprint density at radius 3 is 2.87 bits per heavy atom. The molecule has 0 radical (unpaired) electrons. The topological polar surface area (TPSA) is 26.3 Å². The standard InChI is InChI=1S/C11H12BrFO2/c1-2-5-15-7-11(14)8-3-4-10(13)9(12)6-8/h3-4,6H,2,5,7H2,1H3. The van der Waals surface area contributed by atoms with Crippen LogP contribution in [-0.4, -0.2) is 19.0 Å². The van der Waals surface area contributed by atoms with Gasteiger partial charge in [-0.25, -0.2) is 4.39 Å². The Morgan fingerprint density at radius 1 is 1.53 bits per heavy atom. The van der Waals surface area contributed by atoms with Gasteiger partial charge in [0.15, 0.2) is 5.78 Å². The first-order valence-corrected chi connectivity index (χ1v) is 5.50. The van der Waals surface area contributed by atoms with Crippen LogP contribution in [0.1, 0.15) is 23.7 Å². The Bertz CT molecular complexity index is 352. The van der Waals surface area contributed by atoms with Crippen LogP contribution >= 0.6 is 15.9 Å². The second-order valence-electron chi connectivity index (χ2n) is 3.10. The largest absolute Gasteiger partial charge is 0.373 e. The molecular formula is C11H12BrFO2. The molecular weight excluding hydrogens is 263 g/mol. The average Bonchev–Trinajstić information content (AvgIpc) is 2.22. The van der Waals surface area contributed by atoms with Gasteiger partial charge in [0.05, 0.1) is 4.47 Å². The summed E-state index contributed by atoms with van der Waals surface area (Å²) in [7, 11) is 0. The van der Waals surface area contributed by atoms with Crippen LogP contribution in [0.25, 0.3) is 0 Å². The predicted molar refractivity (Wildman–Crippen MR) is 59.5 cm³/mol. The molecule has 0 N–H and O–H groups in total. The van der Waals surface area contributed by atoms with Crippen LogP contribution in [0.2, 0.25) is 0 Å². The van der Waals surface area contributed by atoms with Crippen LogP contribution in [0.4, 0.5) is 4.39 Å². The first kappa shape index (κ1) is 12.3. The minimum Gasteiger partial charge on any atom is -0.373 e. The lowest BCUT2D eigenvalue weighted by molar-refractivity contribution is 0.0761. The van der Waals surface area contributed by atoms with E-state index in [9.17, 15) is 9.18 Å². The molecule has 0 bridgehead atoms. The monoisotopic (exact) mass is 274 g/mol. The summed E-state index contributed by atoms with van der Waals surface area (Å²) in [6.45, 7) is 2.58. The van der Waals surface area contributed by atoms with Crippen LogP contribution in [0, 0.1) is 5.82 Å². The Labute approximate surface area is 96.6 Å². The third-order valence-corrected chi connectivity index (χ3v) is 2.43. The van der Waals surface area contributed by atoms with E-state index >= 15 is 0 Å². The van der Waals surface area contributed by atoms with E-state index in [2.05, 4.69) is 15.9 Å². The maximum absolute atomic E-state index is 12.9. The maximum Gasteiger partial charge on any atom is 0.188 e. The summed E-state index contributed by atoms with van der Waals surface area (Å²) >= 11 is 3.03. The first-order chi connectivity index (χ1) is 7.15. The molecule has 0 atom stereocenters. The van der Waals surface area contributed by atoms with Crippen LogP contribution < -0.4 is 0 Å². The average molecular weight is 275 g/mol. The molecule has 2 nitrogen and oxygen atoms in total. The summed E-state index contributed by atoms with van der Waals surface area (Å²) in [5.41, 5.74) is 0.458. The maximum atomic E-state index is 12.9. The van der Waals surface area contributed by atoms with Gasteiger partial charge in [-0.1, -0.05) is 6.92 Å². The molecule has 0 aliphatic heterocycles. The Balaban J connectivity index is 2.62. The van der Waals surface area contributed by atoms with Gasteiger partial charge in [0.2, 0.25) is 0 Å².